The fourth-order valence-electron chi connectivity index (χ4n) is 2.69. The van der Waals surface area contributed by atoms with Crippen molar-refractivity contribution < 1.29 is 13.6 Å². The monoisotopic (exact) mass is 447 g/mol. The average molecular weight is 448 g/mol. The molecule has 0 spiro atoms. The lowest BCUT2D eigenvalue weighted by Crippen LogP contribution is -2.11. The zero-order chi connectivity index (χ0) is 19.1. The predicted molar refractivity (Wildman–Crippen MR) is 106 cm³/mol. The summed E-state index contributed by atoms with van der Waals surface area (Å²) in [7, 11) is 0. The van der Waals surface area contributed by atoms with Crippen LogP contribution in [-0.2, 0) is 0 Å². The zero-order valence-corrected chi connectivity index (χ0v) is 16.4. The maximum Gasteiger partial charge on any atom is 0.265 e. The van der Waals surface area contributed by atoms with Gasteiger partial charge in [-0.25, -0.2) is 13.5 Å². The average Bonchev–Trinajstić information content (AvgIpc) is 3.19. The van der Waals surface area contributed by atoms with E-state index < -0.39 is 11.7 Å². The number of aryl methyl sites for hydroxylation is 1. The Morgan fingerprint density at radius 3 is 2.59 bits per heavy atom. The van der Waals surface area contributed by atoms with Gasteiger partial charge in [0.05, 0.1) is 21.9 Å². The number of benzene rings is 2. The molecule has 2 aromatic heterocycles. The number of halogens is 3. The molecule has 1 N–H and O–H groups in total. The highest BCUT2D eigenvalue weighted by Crippen LogP contribution is 2.31. The van der Waals surface area contributed by atoms with Gasteiger partial charge in [-0.15, -0.1) is 11.3 Å². The van der Waals surface area contributed by atoms with Crippen LogP contribution in [0.5, 0.6) is 0 Å². The van der Waals surface area contributed by atoms with Gasteiger partial charge in [0.1, 0.15) is 16.5 Å². The first kappa shape index (κ1) is 17.8. The van der Waals surface area contributed by atoms with Gasteiger partial charge in [0.15, 0.2) is 0 Å². The molecule has 27 heavy (non-hydrogen) atoms. The third-order valence-electron chi connectivity index (χ3n) is 4.02. The van der Waals surface area contributed by atoms with Gasteiger partial charge in [0, 0.05) is 9.86 Å². The minimum absolute atomic E-state index is 0.109. The molecule has 136 valence electrons. The molecule has 0 unspecified atom stereocenters. The van der Waals surface area contributed by atoms with Crippen molar-refractivity contribution in [3.63, 3.8) is 0 Å². The molecule has 0 saturated carbocycles. The highest BCUT2D eigenvalue weighted by atomic mass is 79.9. The summed E-state index contributed by atoms with van der Waals surface area (Å²) in [4.78, 5) is 13.8. The molecule has 0 bridgehead atoms. The molecule has 2 heterocycles. The van der Waals surface area contributed by atoms with Crippen LogP contribution in [0.3, 0.4) is 0 Å². The zero-order valence-electron chi connectivity index (χ0n) is 14.0. The first-order chi connectivity index (χ1) is 12.9. The number of rotatable bonds is 3. The summed E-state index contributed by atoms with van der Waals surface area (Å²) in [6.45, 7) is 1.84. The van der Waals surface area contributed by atoms with Gasteiger partial charge in [-0.2, -0.15) is 5.10 Å². The van der Waals surface area contributed by atoms with Crippen molar-refractivity contribution in [3.05, 3.63) is 75.2 Å². The van der Waals surface area contributed by atoms with Crippen molar-refractivity contribution >= 4 is 49.1 Å². The Kier molecular flexibility index (Phi) is 4.53. The Morgan fingerprint density at radius 2 is 1.89 bits per heavy atom. The summed E-state index contributed by atoms with van der Waals surface area (Å²) < 4.78 is 29.4. The molecule has 0 radical (unpaired) electrons. The predicted octanol–water partition coefficient (Wildman–Crippen LogP) is 5.69. The molecule has 8 heteroatoms. The Bertz CT molecular complexity index is 1170. The maximum atomic E-state index is 14.0. The van der Waals surface area contributed by atoms with Crippen LogP contribution in [0.2, 0.25) is 0 Å². The van der Waals surface area contributed by atoms with Gasteiger partial charge in [0.2, 0.25) is 0 Å². The van der Waals surface area contributed by atoms with Crippen molar-refractivity contribution in [3.8, 4) is 5.69 Å². The molecular weight excluding hydrogens is 436 g/mol. The van der Waals surface area contributed by atoms with E-state index in [0.29, 0.717) is 15.0 Å². The third kappa shape index (κ3) is 3.38. The van der Waals surface area contributed by atoms with Gasteiger partial charge < -0.3 is 5.32 Å². The number of carbonyl (C=O) groups excluding carboxylic acids is 1. The number of hydrogen-bond acceptors (Lipinski definition) is 3. The fourth-order valence-corrected chi connectivity index (χ4v) is 4.10. The number of amides is 1. The number of thiophene rings is 1. The number of nitrogens with one attached hydrogen (secondary N) is 1. The Labute approximate surface area is 165 Å². The normalized spacial score (nSPS) is 11.1. The second-order valence-electron chi connectivity index (χ2n) is 5.88. The van der Waals surface area contributed by atoms with Gasteiger partial charge in [-0.3, -0.25) is 4.79 Å². The fraction of sp³-hybridized carbons (Fsp3) is 0.0526. The number of aromatic nitrogens is 2. The number of carbonyl (C=O) groups is 1. The van der Waals surface area contributed by atoms with Crippen LogP contribution < -0.4 is 5.32 Å². The van der Waals surface area contributed by atoms with E-state index >= 15 is 0 Å². The number of anilines is 1. The van der Waals surface area contributed by atoms with Gasteiger partial charge in [-0.1, -0.05) is 15.9 Å². The minimum Gasteiger partial charge on any atom is -0.319 e. The molecule has 4 rings (SSSR count). The number of hydrogen-bond donors (Lipinski definition) is 1. The van der Waals surface area contributed by atoms with Crippen molar-refractivity contribution in [2.45, 2.75) is 6.92 Å². The van der Waals surface area contributed by atoms with Crippen LogP contribution in [0.25, 0.3) is 15.9 Å². The van der Waals surface area contributed by atoms with E-state index in [1.807, 2.05) is 6.92 Å². The highest BCUT2D eigenvalue weighted by molar-refractivity contribution is 9.10. The quantitative estimate of drug-likeness (QED) is 0.438. The summed E-state index contributed by atoms with van der Waals surface area (Å²) in [5.74, 6) is -1.25. The summed E-state index contributed by atoms with van der Waals surface area (Å²) in [5.41, 5.74) is 1.55. The largest absolute Gasteiger partial charge is 0.319 e. The van der Waals surface area contributed by atoms with E-state index in [0.717, 1.165) is 15.9 Å². The first-order valence-electron chi connectivity index (χ1n) is 7.94. The van der Waals surface area contributed by atoms with E-state index in [1.54, 1.807) is 28.9 Å². The van der Waals surface area contributed by atoms with E-state index in [1.165, 1.54) is 35.6 Å². The molecule has 0 aliphatic rings. The standard InChI is InChI=1S/C19H12BrF2N3OS/c1-10-14-9-17(18(26)23-16-7-2-11(20)8-15(16)22)27-19(14)25(24-10)13-5-3-12(21)4-6-13/h2-9H,1H3,(H,23,26). The van der Waals surface area contributed by atoms with E-state index in [4.69, 9.17) is 0 Å². The molecule has 0 aliphatic carbocycles. The highest BCUT2D eigenvalue weighted by Gasteiger charge is 2.18. The molecular formula is C19H12BrF2N3OS. The Balaban J connectivity index is 1.70. The van der Waals surface area contributed by atoms with Crippen LogP contribution in [-0.4, -0.2) is 15.7 Å². The Morgan fingerprint density at radius 1 is 1.15 bits per heavy atom. The second kappa shape index (κ2) is 6.86. The van der Waals surface area contributed by atoms with Crippen molar-refractivity contribution in [2.75, 3.05) is 5.32 Å². The van der Waals surface area contributed by atoms with E-state index in [2.05, 4.69) is 26.3 Å². The summed E-state index contributed by atoms with van der Waals surface area (Å²) in [5, 5.41) is 7.88. The number of fused-ring (bicyclic) bond motifs is 1. The van der Waals surface area contributed by atoms with Crippen molar-refractivity contribution in [1.82, 2.24) is 9.78 Å². The van der Waals surface area contributed by atoms with Crippen molar-refractivity contribution in [1.29, 1.82) is 0 Å². The summed E-state index contributed by atoms with van der Waals surface area (Å²) >= 11 is 4.43. The topological polar surface area (TPSA) is 46.9 Å². The van der Waals surface area contributed by atoms with Gasteiger partial charge in [-0.05, 0) is 55.5 Å². The molecule has 0 aliphatic heterocycles. The molecule has 2 aromatic carbocycles. The van der Waals surface area contributed by atoms with Gasteiger partial charge >= 0.3 is 0 Å². The lowest BCUT2D eigenvalue weighted by atomic mass is 10.2. The molecule has 0 saturated heterocycles. The molecule has 4 aromatic rings. The van der Waals surface area contributed by atoms with Crippen LogP contribution in [0.4, 0.5) is 14.5 Å². The second-order valence-corrected chi connectivity index (χ2v) is 7.83. The smallest absolute Gasteiger partial charge is 0.265 e. The van der Waals surface area contributed by atoms with Crippen LogP contribution in [0, 0.1) is 18.6 Å². The lowest BCUT2D eigenvalue weighted by molar-refractivity contribution is 0.103. The first-order valence-corrected chi connectivity index (χ1v) is 9.55. The molecule has 0 atom stereocenters. The van der Waals surface area contributed by atoms with Crippen LogP contribution in [0.15, 0.2) is 53.0 Å². The Hall–Kier alpha value is -2.58. The van der Waals surface area contributed by atoms with Crippen LogP contribution >= 0.6 is 27.3 Å². The number of nitrogens with zero attached hydrogens (tertiary/aromatic N) is 2. The van der Waals surface area contributed by atoms with Gasteiger partial charge in [0.25, 0.3) is 5.91 Å². The maximum absolute atomic E-state index is 14.0. The molecule has 0 fully saturated rings. The van der Waals surface area contributed by atoms with E-state index in [9.17, 15) is 13.6 Å². The molecule has 4 nitrogen and oxygen atoms in total. The SMILES string of the molecule is Cc1nn(-c2ccc(F)cc2)c2sc(C(=O)Nc3ccc(Br)cc3F)cc12. The third-order valence-corrected chi connectivity index (χ3v) is 5.62. The minimum atomic E-state index is -0.521. The van der Waals surface area contributed by atoms with Crippen molar-refractivity contribution in [2.24, 2.45) is 0 Å². The summed E-state index contributed by atoms with van der Waals surface area (Å²) in [6, 6.07) is 12.1. The summed E-state index contributed by atoms with van der Waals surface area (Å²) in [6.07, 6.45) is 0. The van der Waals surface area contributed by atoms with E-state index in [-0.39, 0.29) is 11.5 Å². The van der Waals surface area contributed by atoms with Crippen LogP contribution in [0.1, 0.15) is 15.4 Å². The molecule has 1 amide bonds. The lowest BCUT2D eigenvalue weighted by Gasteiger charge is -2.05.